The van der Waals surface area contributed by atoms with Gasteiger partial charge in [0.25, 0.3) is 0 Å². The molecule has 4 nitrogen and oxygen atoms in total. The quantitative estimate of drug-likeness (QED) is 0.870. The summed E-state index contributed by atoms with van der Waals surface area (Å²) >= 11 is 0. The highest BCUT2D eigenvalue weighted by atomic mass is 19.3. The Morgan fingerprint density at radius 2 is 1.83 bits per heavy atom. The minimum absolute atomic E-state index is 0.116. The molecule has 0 aromatic heterocycles. The lowest BCUT2D eigenvalue weighted by atomic mass is 9.95. The Bertz CT molecular complexity index is 730. The molecule has 0 radical (unpaired) electrons. The van der Waals surface area contributed by atoms with Crippen LogP contribution in [0, 0.1) is 0 Å². The third-order valence-corrected chi connectivity index (χ3v) is 4.15. The second-order valence-corrected chi connectivity index (χ2v) is 5.65. The minimum atomic E-state index is -2.97. The van der Waals surface area contributed by atoms with Crippen molar-refractivity contribution < 1.29 is 23.0 Å². The fourth-order valence-corrected chi connectivity index (χ4v) is 2.72. The maximum absolute atomic E-state index is 12.7. The number of nitrogens with one attached hydrogen (secondary N) is 1. The molecule has 0 aliphatic heterocycles. The number of halogens is 2. The molecule has 1 saturated carbocycles. The van der Waals surface area contributed by atoms with Crippen molar-refractivity contribution in [3.63, 3.8) is 0 Å². The Hall–Kier alpha value is -2.63. The number of amides is 1. The van der Waals surface area contributed by atoms with Crippen LogP contribution in [0.15, 0.2) is 48.5 Å². The van der Waals surface area contributed by atoms with Gasteiger partial charge in [-0.25, -0.2) is 0 Å². The van der Waals surface area contributed by atoms with Crippen LogP contribution >= 0.6 is 0 Å². The number of hydrogen-bond donors (Lipinski definition) is 1. The van der Waals surface area contributed by atoms with Crippen molar-refractivity contribution in [2.45, 2.75) is 24.9 Å². The van der Waals surface area contributed by atoms with Crippen LogP contribution in [-0.2, 0) is 10.2 Å². The Balaban J connectivity index is 1.80. The molecule has 1 amide bonds. The lowest BCUT2D eigenvalue weighted by Gasteiger charge is -2.17. The van der Waals surface area contributed by atoms with Crippen LogP contribution in [0.2, 0.25) is 0 Å². The molecule has 0 heterocycles. The Kier molecular flexibility index (Phi) is 4.38. The minimum Gasteiger partial charge on any atom is -0.493 e. The Morgan fingerprint density at radius 3 is 2.42 bits per heavy atom. The van der Waals surface area contributed by atoms with Gasteiger partial charge < -0.3 is 14.8 Å². The molecule has 24 heavy (non-hydrogen) atoms. The first-order valence-corrected chi connectivity index (χ1v) is 7.55. The van der Waals surface area contributed by atoms with E-state index >= 15 is 0 Å². The fraction of sp³-hybridized carbons (Fsp3) is 0.278. The van der Waals surface area contributed by atoms with E-state index in [2.05, 4.69) is 10.1 Å². The first-order chi connectivity index (χ1) is 11.5. The number of anilines is 1. The molecule has 0 atom stereocenters. The van der Waals surface area contributed by atoms with E-state index in [1.165, 1.54) is 19.2 Å². The smallest absolute Gasteiger partial charge is 0.387 e. The van der Waals surface area contributed by atoms with Crippen molar-refractivity contribution in [2.75, 3.05) is 12.4 Å². The van der Waals surface area contributed by atoms with Gasteiger partial charge in [0.1, 0.15) is 0 Å². The maximum Gasteiger partial charge on any atom is 0.387 e. The van der Waals surface area contributed by atoms with Crippen LogP contribution in [-0.4, -0.2) is 19.6 Å². The van der Waals surface area contributed by atoms with Crippen LogP contribution in [0.1, 0.15) is 18.4 Å². The molecule has 0 saturated heterocycles. The van der Waals surface area contributed by atoms with E-state index < -0.39 is 12.0 Å². The number of benzene rings is 2. The lowest BCUT2D eigenvalue weighted by Crippen LogP contribution is -2.27. The Labute approximate surface area is 138 Å². The van der Waals surface area contributed by atoms with E-state index in [1.54, 1.807) is 6.07 Å². The van der Waals surface area contributed by atoms with Gasteiger partial charge in [-0.1, -0.05) is 30.3 Å². The monoisotopic (exact) mass is 333 g/mol. The van der Waals surface area contributed by atoms with Crippen LogP contribution in [0.5, 0.6) is 11.5 Å². The number of methoxy groups -OCH3 is 1. The average Bonchev–Trinajstić information content (AvgIpc) is 3.37. The number of hydrogen-bond acceptors (Lipinski definition) is 3. The number of rotatable bonds is 6. The van der Waals surface area contributed by atoms with Crippen LogP contribution in [0.3, 0.4) is 0 Å². The largest absolute Gasteiger partial charge is 0.493 e. The molecule has 0 spiro atoms. The normalized spacial score (nSPS) is 15.0. The lowest BCUT2D eigenvalue weighted by molar-refractivity contribution is -0.118. The first-order valence-electron chi connectivity index (χ1n) is 7.55. The molecule has 126 valence electrons. The summed E-state index contributed by atoms with van der Waals surface area (Å²) in [6, 6.07) is 13.9. The van der Waals surface area contributed by atoms with Crippen molar-refractivity contribution in [3.8, 4) is 11.5 Å². The molecule has 1 aliphatic rings. The molecule has 1 aliphatic carbocycles. The molecule has 1 N–H and O–H groups in total. The van der Waals surface area contributed by atoms with E-state index in [0.717, 1.165) is 18.4 Å². The average molecular weight is 333 g/mol. The summed E-state index contributed by atoms with van der Waals surface area (Å²) in [5.74, 6) is -0.0887. The van der Waals surface area contributed by atoms with Gasteiger partial charge in [0, 0.05) is 11.8 Å². The van der Waals surface area contributed by atoms with Gasteiger partial charge in [0.2, 0.25) is 5.91 Å². The summed E-state index contributed by atoms with van der Waals surface area (Å²) < 4.78 is 34.4. The van der Waals surface area contributed by atoms with Gasteiger partial charge in [-0.05, 0) is 30.5 Å². The number of carbonyl (C=O) groups is 1. The Morgan fingerprint density at radius 1 is 1.12 bits per heavy atom. The number of alkyl halides is 2. The zero-order valence-electron chi connectivity index (χ0n) is 13.1. The van der Waals surface area contributed by atoms with E-state index in [4.69, 9.17) is 4.74 Å². The highest BCUT2D eigenvalue weighted by Gasteiger charge is 2.51. The number of ether oxygens (including phenoxy) is 2. The van der Waals surface area contributed by atoms with Crippen molar-refractivity contribution in [1.82, 2.24) is 0 Å². The third kappa shape index (κ3) is 3.18. The first kappa shape index (κ1) is 16.2. The summed E-state index contributed by atoms with van der Waals surface area (Å²) in [4.78, 5) is 12.7. The highest BCUT2D eigenvalue weighted by Crippen LogP contribution is 2.49. The van der Waals surface area contributed by atoms with Gasteiger partial charge in [-0.15, -0.1) is 0 Å². The van der Waals surface area contributed by atoms with Crippen LogP contribution in [0.4, 0.5) is 14.5 Å². The second kappa shape index (κ2) is 6.47. The van der Waals surface area contributed by atoms with E-state index in [9.17, 15) is 13.6 Å². The van der Waals surface area contributed by atoms with E-state index in [0.29, 0.717) is 5.69 Å². The second-order valence-electron chi connectivity index (χ2n) is 5.65. The zero-order valence-corrected chi connectivity index (χ0v) is 13.1. The van der Waals surface area contributed by atoms with Gasteiger partial charge in [0.15, 0.2) is 11.5 Å². The zero-order chi connectivity index (χ0) is 17.2. The summed E-state index contributed by atoms with van der Waals surface area (Å²) in [7, 11) is 1.36. The SMILES string of the molecule is COc1ccc(NC(=O)C2(c3ccccc3)CC2)cc1OC(F)F. The predicted octanol–water partition coefficient (Wildman–Crippen LogP) is 3.97. The van der Waals surface area contributed by atoms with Crippen LogP contribution < -0.4 is 14.8 Å². The molecule has 2 aromatic rings. The van der Waals surface area contributed by atoms with Gasteiger partial charge >= 0.3 is 6.61 Å². The standard InChI is InChI=1S/C18H17F2NO3/c1-23-14-8-7-13(11-15(14)24-17(19)20)21-16(22)18(9-10-18)12-5-3-2-4-6-12/h2-8,11,17H,9-10H2,1H3,(H,21,22). The van der Waals surface area contributed by atoms with Gasteiger partial charge in [-0.3, -0.25) is 4.79 Å². The molecular formula is C18H17F2NO3. The molecule has 6 heteroatoms. The third-order valence-electron chi connectivity index (χ3n) is 4.15. The summed E-state index contributed by atoms with van der Waals surface area (Å²) in [6.45, 7) is -2.97. The van der Waals surface area contributed by atoms with Crippen LogP contribution in [0.25, 0.3) is 0 Å². The molecule has 3 rings (SSSR count). The summed E-state index contributed by atoms with van der Waals surface area (Å²) in [5, 5.41) is 2.79. The topological polar surface area (TPSA) is 47.6 Å². The predicted molar refractivity (Wildman–Crippen MR) is 85.6 cm³/mol. The molecular weight excluding hydrogens is 316 g/mol. The summed E-state index contributed by atoms with van der Waals surface area (Å²) in [6.07, 6.45) is 1.53. The number of carbonyl (C=O) groups excluding carboxylic acids is 1. The van der Waals surface area contributed by atoms with Crippen molar-refractivity contribution in [2.24, 2.45) is 0 Å². The van der Waals surface area contributed by atoms with Crippen molar-refractivity contribution in [3.05, 3.63) is 54.1 Å². The fourth-order valence-electron chi connectivity index (χ4n) is 2.72. The molecule has 1 fully saturated rings. The molecule has 0 bridgehead atoms. The summed E-state index contributed by atoms with van der Waals surface area (Å²) in [5.41, 5.74) is 0.809. The van der Waals surface area contributed by atoms with Crippen molar-refractivity contribution in [1.29, 1.82) is 0 Å². The maximum atomic E-state index is 12.7. The highest BCUT2D eigenvalue weighted by molar-refractivity contribution is 6.01. The van der Waals surface area contributed by atoms with E-state index in [1.807, 2.05) is 30.3 Å². The van der Waals surface area contributed by atoms with E-state index in [-0.39, 0.29) is 17.4 Å². The molecule has 0 unspecified atom stereocenters. The van der Waals surface area contributed by atoms with Gasteiger partial charge in [-0.2, -0.15) is 8.78 Å². The molecule has 2 aromatic carbocycles. The van der Waals surface area contributed by atoms with Crippen molar-refractivity contribution >= 4 is 11.6 Å². The van der Waals surface area contributed by atoms with Gasteiger partial charge in [0.05, 0.1) is 12.5 Å².